The minimum Gasteiger partial charge on any atom is -0.497 e. The number of methoxy groups -OCH3 is 1. The average Bonchev–Trinajstić information content (AvgIpc) is 3.24. The van der Waals surface area contributed by atoms with Crippen LogP contribution in [0, 0.1) is 0 Å². The molecule has 2 aromatic heterocycles. The Bertz CT molecular complexity index is 871. The molecule has 0 saturated heterocycles. The molecule has 0 amide bonds. The van der Waals surface area contributed by atoms with Gasteiger partial charge < -0.3 is 15.0 Å². The predicted molar refractivity (Wildman–Crippen MR) is 92.7 cm³/mol. The molecule has 2 N–H and O–H groups in total. The first kappa shape index (κ1) is 15.9. The second-order valence-electron chi connectivity index (χ2n) is 5.92. The SMILES string of the molecule is COc1ccc(-c2nnc([C@H](C)Sc3nnc(C4CC4)n3N)o2)cc1. The van der Waals surface area contributed by atoms with Gasteiger partial charge in [0.25, 0.3) is 0 Å². The van der Waals surface area contributed by atoms with E-state index in [1.54, 1.807) is 11.8 Å². The molecule has 1 aliphatic rings. The van der Waals surface area contributed by atoms with Gasteiger partial charge in [0.15, 0.2) is 5.82 Å². The smallest absolute Gasteiger partial charge is 0.247 e. The Labute approximate surface area is 148 Å². The highest BCUT2D eigenvalue weighted by Gasteiger charge is 2.30. The van der Waals surface area contributed by atoms with E-state index >= 15 is 0 Å². The fraction of sp³-hybridized carbons (Fsp3) is 0.375. The number of nitrogen functional groups attached to an aromatic ring is 1. The topological polar surface area (TPSA) is 105 Å². The number of hydrogen-bond donors (Lipinski definition) is 1. The summed E-state index contributed by atoms with van der Waals surface area (Å²) in [6.45, 7) is 1.97. The van der Waals surface area contributed by atoms with Crippen molar-refractivity contribution in [2.75, 3.05) is 13.0 Å². The third kappa shape index (κ3) is 3.19. The molecule has 1 saturated carbocycles. The fourth-order valence-corrected chi connectivity index (χ4v) is 3.25. The van der Waals surface area contributed by atoms with Crippen molar-refractivity contribution in [1.82, 2.24) is 25.1 Å². The molecule has 130 valence electrons. The highest BCUT2D eigenvalue weighted by atomic mass is 32.2. The third-order valence-electron chi connectivity index (χ3n) is 4.04. The maximum Gasteiger partial charge on any atom is 0.247 e. The van der Waals surface area contributed by atoms with Crippen LogP contribution in [0.2, 0.25) is 0 Å². The lowest BCUT2D eigenvalue weighted by Gasteiger charge is -2.06. The number of aromatic nitrogens is 5. The van der Waals surface area contributed by atoms with Crippen LogP contribution in [0.1, 0.15) is 42.6 Å². The van der Waals surface area contributed by atoms with E-state index in [2.05, 4.69) is 20.4 Å². The van der Waals surface area contributed by atoms with E-state index in [0.717, 1.165) is 30.0 Å². The second-order valence-corrected chi connectivity index (χ2v) is 7.23. The standard InChI is InChI=1S/C16H18N6O2S/c1-9(25-16-21-18-13(22(16)17)10-3-4-10)14-19-20-15(24-14)11-5-7-12(23-2)8-6-11/h5-10H,3-4,17H2,1-2H3/t9-/m0/s1. The van der Waals surface area contributed by atoms with Crippen LogP contribution in [0.5, 0.6) is 5.75 Å². The van der Waals surface area contributed by atoms with Crippen LogP contribution in [0.15, 0.2) is 33.8 Å². The number of benzene rings is 1. The number of rotatable bonds is 6. The summed E-state index contributed by atoms with van der Waals surface area (Å²) < 4.78 is 12.5. The Morgan fingerprint density at radius 1 is 1.20 bits per heavy atom. The van der Waals surface area contributed by atoms with Gasteiger partial charge in [0.1, 0.15) is 5.75 Å². The number of hydrogen-bond acceptors (Lipinski definition) is 8. The molecule has 0 aliphatic heterocycles. The summed E-state index contributed by atoms with van der Waals surface area (Å²) in [7, 11) is 1.63. The summed E-state index contributed by atoms with van der Waals surface area (Å²) >= 11 is 1.45. The lowest BCUT2D eigenvalue weighted by Crippen LogP contribution is -2.13. The van der Waals surface area contributed by atoms with Gasteiger partial charge in [0.05, 0.1) is 12.4 Å². The summed E-state index contributed by atoms with van der Waals surface area (Å²) in [5.41, 5.74) is 0.842. The van der Waals surface area contributed by atoms with Gasteiger partial charge in [0.2, 0.25) is 16.9 Å². The highest BCUT2D eigenvalue weighted by molar-refractivity contribution is 7.99. The van der Waals surface area contributed by atoms with Crippen molar-refractivity contribution < 1.29 is 9.15 Å². The van der Waals surface area contributed by atoms with Crippen molar-refractivity contribution in [3.63, 3.8) is 0 Å². The first-order valence-electron chi connectivity index (χ1n) is 8.00. The Hall–Kier alpha value is -2.55. The zero-order chi connectivity index (χ0) is 17.4. The van der Waals surface area contributed by atoms with Crippen LogP contribution < -0.4 is 10.6 Å². The molecule has 1 atom stereocenters. The first-order chi connectivity index (χ1) is 12.2. The first-order valence-corrected chi connectivity index (χ1v) is 8.88. The molecule has 3 aromatic rings. The molecule has 4 rings (SSSR count). The molecule has 0 bridgehead atoms. The lowest BCUT2D eigenvalue weighted by atomic mass is 10.2. The van der Waals surface area contributed by atoms with Gasteiger partial charge >= 0.3 is 0 Å². The van der Waals surface area contributed by atoms with Gasteiger partial charge in [0, 0.05) is 11.5 Å². The van der Waals surface area contributed by atoms with Crippen LogP contribution >= 0.6 is 11.8 Å². The number of nitrogens with zero attached hydrogens (tertiary/aromatic N) is 5. The van der Waals surface area contributed by atoms with Crippen LogP contribution in [-0.2, 0) is 0 Å². The Kier molecular flexibility index (Phi) is 4.08. The van der Waals surface area contributed by atoms with Crippen molar-refractivity contribution in [3.8, 4) is 17.2 Å². The minimum atomic E-state index is -0.0851. The van der Waals surface area contributed by atoms with Gasteiger partial charge in [-0.25, -0.2) is 4.68 Å². The Balaban J connectivity index is 1.49. The molecule has 25 heavy (non-hydrogen) atoms. The molecule has 1 aromatic carbocycles. The zero-order valence-corrected chi connectivity index (χ0v) is 14.7. The summed E-state index contributed by atoms with van der Waals surface area (Å²) in [6, 6.07) is 7.47. The van der Waals surface area contributed by atoms with E-state index in [1.165, 1.54) is 11.8 Å². The molecular weight excluding hydrogens is 340 g/mol. The van der Waals surface area contributed by atoms with E-state index in [4.69, 9.17) is 15.0 Å². The summed E-state index contributed by atoms with van der Waals surface area (Å²) in [6.07, 6.45) is 2.26. The number of thioether (sulfide) groups is 1. The van der Waals surface area contributed by atoms with Crippen molar-refractivity contribution in [3.05, 3.63) is 36.0 Å². The molecular formula is C16H18N6O2S. The Morgan fingerprint density at radius 2 is 1.96 bits per heavy atom. The number of ether oxygens (including phenoxy) is 1. The van der Waals surface area contributed by atoms with Crippen LogP contribution in [-0.4, -0.2) is 32.2 Å². The molecule has 0 spiro atoms. The molecule has 8 nitrogen and oxygen atoms in total. The van der Waals surface area contributed by atoms with Gasteiger partial charge in [-0.3, -0.25) is 0 Å². The highest BCUT2D eigenvalue weighted by Crippen LogP contribution is 2.40. The largest absolute Gasteiger partial charge is 0.497 e. The zero-order valence-electron chi connectivity index (χ0n) is 13.9. The van der Waals surface area contributed by atoms with E-state index in [-0.39, 0.29) is 5.25 Å². The summed E-state index contributed by atoms with van der Waals surface area (Å²) in [4.78, 5) is 0. The summed E-state index contributed by atoms with van der Waals surface area (Å²) in [5, 5.41) is 17.2. The molecule has 0 radical (unpaired) electrons. The quantitative estimate of drug-likeness (QED) is 0.530. The number of nitrogens with two attached hydrogens (primary N) is 1. The maximum absolute atomic E-state index is 6.09. The van der Waals surface area contributed by atoms with Crippen molar-refractivity contribution in [2.24, 2.45) is 0 Å². The fourth-order valence-electron chi connectivity index (χ4n) is 2.45. The second kappa shape index (κ2) is 6.40. The van der Waals surface area contributed by atoms with Crippen LogP contribution in [0.3, 0.4) is 0 Å². The van der Waals surface area contributed by atoms with Gasteiger partial charge in [-0.1, -0.05) is 11.8 Å². The lowest BCUT2D eigenvalue weighted by molar-refractivity contribution is 0.415. The monoisotopic (exact) mass is 358 g/mol. The van der Waals surface area contributed by atoms with Crippen LogP contribution in [0.25, 0.3) is 11.5 Å². The molecule has 1 aliphatic carbocycles. The van der Waals surface area contributed by atoms with E-state index in [1.807, 2.05) is 31.2 Å². The molecule has 2 heterocycles. The van der Waals surface area contributed by atoms with E-state index in [0.29, 0.717) is 22.9 Å². The van der Waals surface area contributed by atoms with E-state index in [9.17, 15) is 0 Å². The van der Waals surface area contributed by atoms with Crippen LogP contribution in [0.4, 0.5) is 0 Å². The molecule has 9 heteroatoms. The van der Waals surface area contributed by atoms with Gasteiger partial charge in [-0.05, 0) is 44.0 Å². The summed E-state index contributed by atoms with van der Waals surface area (Å²) in [5.74, 6) is 9.15. The third-order valence-corrected chi connectivity index (χ3v) is 5.09. The molecule has 0 unspecified atom stereocenters. The van der Waals surface area contributed by atoms with Crippen molar-refractivity contribution >= 4 is 11.8 Å². The average molecular weight is 358 g/mol. The Morgan fingerprint density at radius 3 is 2.64 bits per heavy atom. The normalized spacial score (nSPS) is 15.3. The predicted octanol–water partition coefficient (Wildman–Crippen LogP) is 2.78. The van der Waals surface area contributed by atoms with Gasteiger partial charge in [-0.2, -0.15) is 0 Å². The minimum absolute atomic E-state index is 0.0851. The van der Waals surface area contributed by atoms with Gasteiger partial charge in [-0.15, -0.1) is 20.4 Å². The van der Waals surface area contributed by atoms with E-state index < -0.39 is 0 Å². The maximum atomic E-state index is 6.09. The van der Waals surface area contributed by atoms with Crippen molar-refractivity contribution in [1.29, 1.82) is 0 Å². The molecule has 1 fully saturated rings. The van der Waals surface area contributed by atoms with Crippen molar-refractivity contribution in [2.45, 2.75) is 36.1 Å².